The summed E-state index contributed by atoms with van der Waals surface area (Å²) in [6.45, 7) is 3.78. The van der Waals surface area contributed by atoms with Crippen LogP contribution in [0.25, 0.3) is 0 Å². The molecule has 3 N–H and O–H groups in total. The van der Waals surface area contributed by atoms with Gasteiger partial charge in [0.05, 0.1) is 11.4 Å². The molecule has 0 saturated heterocycles. The number of aryl methyl sites for hydroxylation is 1. The van der Waals surface area contributed by atoms with Crippen molar-refractivity contribution in [1.82, 2.24) is 5.32 Å². The van der Waals surface area contributed by atoms with Crippen LogP contribution in [0.5, 0.6) is 0 Å². The lowest BCUT2D eigenvalue weighted by molar-refractivity contribution is -0.116. The zero-order chi connectivity index (χ0) is 17.4. The van der Waals surface area contributed by atoms with Crippen LogP contribution >= 0.6 is 11.3 Å². The summed E-state index contributed by atoms with van der Waals surface area (Å²) in [7, 11) is 0. The van der Waals surface area contributed by atoms with Gasteiger partial charge in [0.15, 0.2) is 0 Å². The molecule has 6 heteroatoms. The molecule has 0 aliphatic carbocycles. The van der Waals surface area contributed by atoms with Gasteiger partial charge in [-0.2, -0.15) is 0 Å². The van der Waals surface area contributed by atoms with Crippen molar-refractivity contribution in [3.05, 3.63) is 46.7 Å². The summed E-state index contributed by atoms with van der Waals surface area (Å²) in [5, 5.41) is 10.4. The third-order valence-corrected chi connectivity index (χ3v) is 4.21. The van der Waals surface area contributed by atoms with Crippen molar-refractivity contribution in [2.24, 2.45) is 0 Å². The first kappa shape index (κ1) is 18.0. The van der Waals surface area contributed by atoms with Gasteiger partial charge in [0.1, 0.15) is 0 Å². The summed E-state index contributed by atoms with van der Waals surface area (Å²) < 4.78 is 0. The number of anilines is 2. The number of nitrogens with one attached hydrogen (secondary N) is 3. The fraction of sp³-hybridized carbons (Fsp3) is 0.333. The van der Waals surface area contributed by atoms with Gasteiger partial charge in [-0.15, -0.1) is 11.3 Å². The molecule has 0 saturated carbocycles. The van der Waals surface area contributed by atoms with Gasteiger partial charge in [-0.05, 0) is 50.3 Å². The van der Waals surface area contributed by atoms with E-state index in [0.29, 0.717) is 17.8 Å². The number of thiophene rings is 1. The summed E-state index contributed by atoms with van der Waals surface area (Å²) in [6, 6.07) is 11.0. The van der Waals surface area contributed by atoms with E-state index in [9.17, 15) is 9.59 Å². The van der Waals surface area contributed by atoms with Crippen LogP contribution in [-0.2, 0) is 11.2 Å². The molecular weight excluding hydrogens is 322 g/mol. The molecule has 1 aromatic heterocycles. The third-order valence-electron chi connectivity index (χ3n) is 3.28. The van der Waals surface area contributed by atoms with E-state index in [1.165, 1.54) is 4.88 Å². The molecule has 3 amide bonds. The second-order valence-electron chi connectivity index (χ2n) is 5.78. The fourth-order valence-electron chi connectivity index (χ4n) is 2.21. The van der Waals surface area contributed by atoms with E-state index in [4.69, 9.17) is 0 Å². The number of carbonyl (C=O) groups is 2. The highest BCUT2D eigenvalue weighted by Gasteiger charge is 2.10. The molecule has 2 rings (SSSR count). The zero-order valence-electron chi connectivity index (χ0n) is 14.0. The smallest absolute Gasteiger partial charge is 0.319 e. The molecule has 1 aromatic carbocycles. The number of amides is 3. The van der Waals surface area contributed by atoms with E-state index in [-0.39, 0.29) is 18.0 Å². The summed E-state index contributed by atoms with van der Waals surface area (Å²) in [5.74, 6) is -0.0509. The minimum Gasteiger partial charge on any atom is -0.336 e. The van der Waals surface area contributed by atoms with Gasteiger partial charge in [-0.25, -0.2) is 4.79 Å². The molecule has 128 valence electrons. The van der Waals surface area contributed by atoms with Crippen LogP contribution < -0.4 is 16.0 Å². The number of hydrogen-bond acceptors (Lipinski definition) is 3. The molecule has 0 fully saturated rings. The van der Waals surface area contributed by atoms with E-state index in [0.717, 1.165) is 12.8 Å². The van der Waals surface area contributed by atoms with Gasteiger partial charge in [0.2, 0.25) is 5.91 Å². The molecule has 0 unspecified atom stereocenters. The van der Waals surface area contributed by atoms with Crippen LogP contribution in [0.3, 0.4) is 0 Å². The summed E-state index contributed by atoms with van der Waals surface area (Å²) >= 11 is 1.71. The van der Waals surface area contributed by atoms with Crippen LogP contribution in [0.15, 0.2) is 41.8 Å². The number of para-hydroxylation sites is 2. The predicted octanol–water partition coefficient (Wildman–Crippen LogP) is 4.24. The highest BCUT2D eigenvalue weighted by Crippen LogP contribution is 2.21. The average molecular weight is 345 g/mol. The monoisotopic (exact) mass is 345 g/mol. The van der Waals surface area contributed by atoms with Crippen LogP contribution in [0.4, 0.5) is 16.2 Å². The van der Waals surface area contributed by atoms with Gasteiger partial charge in [-0.1, -0.05) is 18.2 Å². The highest BCUT2D eigenvalue weighted by atomic mass is 32.1. The van der Waals surface area contributed by atoms with Gasteiger partial charge < -0.3 is 16.0 Å². The normalized spacial score (nSPS) is 10.5. The van der Waals surface area contributed by atoms with Crippen molar-refractivity contribution in [3.8, 4) is 0 Å². The van der Waals surface area contributed by atoms with E-state index >= 15 is 0 Å². The van der Waals surface area contributed by atoms with Gasteiger partial charge in [0.25, 0.3) is 0 Å². The molecule has 5 nitrogen and oxygen atoms in total. The average Bonchev–Trinajstić information content (AvgIpc) is 3.01. The van der Waals surface area contributed by atoms with Crippen molar-refractivity contribution in [3.63, 3.8) is 0 Å². The lowest BCUT2D eigenvalue weighted by Gasteiger charge is -2.14. The Hall–Kier alpha value is -2.34. The van der Waals surface area contributed by atoms with Crippen molar-refractivity contribution in [2.45, 2.75) is 39.2 Å². The molecule has 1 heterocycles. The second-order valence-corrected chi connectivity index (χ2v) is 6.81. The Kier molecular flexibility index (Phi) is 6.81. The van der Waals surface area contributed by atoms with Crippen LogP contribution in [0.2, 0.25) is 0 Å². The van der Waals surface area contributed by atoms with Crippen molar-refractivity contribution >= 4 is 34.6 Å². The van der Waals surface area contributed by atoms with Crippen LogP contribution in [-0.4, -0.2) is 18.0 Å². The maximum Gasteiger partial charge on any atom is 0.319 e. The number of rotatable bonds is 7. The molecule has 2 aromatic rings. The van der Waals surface area contributed by atoms with Gasteiger partial charge >= 0.3 is 6.03 Å². The molecule has 0 atom stereocenters. The third kappa shape index (κ3) is 6.04. The maximum atomic E-state index is 12.1. The number of urea groups is 1. The Labute approximate surface area is 146 Å². The number of carbonyl (C=O) groups excluding carboxylic acids is 2. The van der Waals surface area contributed by atoms with Crippen molar-refractivity contribution in [1.29, 1.82) is 0 Å². The lowest BCUT2D eigenvalue weighted by Crippen LogP contribution is -2.34. The largest absolute Gasteiger partial charge is 0.336 e. The van der Waals surface area contributed by atoms with E-state index in [1.807, 2.05) is 37.4 Å². The minimum atomic E-state index is -0.288. The van der Waals surface area contributed by atoms with Crippen molar-refractivity contribution in [2.75, 3.05) is 10.6 Å². The predicted molar refractivity (Wildman–Crippen MR) is 99.6 cm³/mol. The quantitative estimate of drug-likeness (QED) is 0.702. The van der Waals surface area contributed by atoms with Crippen LogP contribution in [0, 0.1) is 0 Å². The standard InChI is InChI=1S/C18H23N3O2S/c1-13(2)19-18(23)21-16-10-4-3-9-15(16)20-17(22)11-5-7-14-8-6-12-24-14/h3-4,6,8-10,12-13H,5,7,11H2,1-2H3,(H,20,22)(H2,19,21,23). The first-order chi connectivity index (χ1) is 11.5. The number of benzene rings is 1. The molecule has 0 aliphatic rings. The van der Waals surface area contributed by atoms with E-state index < -0.39 is 0 Å². The fourth-order valence-corrected chi connectivity index (χ4v) is 2.96. The van der Waals surface area contributed by atoms with Gasteiger partial charge in [0, 0.05) is 17.3 Å². The van der Waals surface area contributed by atoms with Crippen molar-refractivity contribution < 1.29 is 9.59 Å². The van der Waals surface area contributed by atoms with E-state index in [2.05, 4.69) is 22.0 Å². The molecule has 24 heavy (non-hydrogen) atoms. The molecule has 0 aliphatic heterocycles. The first-order valence-corrected chi connectivity index (χ1v) is 8.91. The lowest BCUT2D eigenvalue weighted by atomic mass is 10.2. The summed E-state index contributed by atoms with van der Waals surface area (Å²) in [6.07, 6.45) is 2.15. The molecular formula is C18H23N3O2S. The maximum absolute atomic E-state index is 12.1. The Morgan fingerprint density at radius 3 is 2.38 bits per heavy atom. The van der Waals surface area contributed by atoms with Gasteiger partial charge in [-0.3, -0.25) is 4.79 Å². The van der Waals surface area contributed by atoms with Crippen LogP contribution in [0.1, 0.15) is 31.6 Å². The zero-order valence-corrected chi connectivity index (χ0v) is 14.8. The topological polar surface area (TPSA) is 70.2 Å². The highest BCUT2D eigenvalue weighted by molar-refractivity contribution is 7.09. The minimum absolute atomic E-state index is 0.0454. The first-order valence-electron chi connectivity index (χ1n) is 8.03. The Morgan fingerprint density at radius 1 is 1.04 bits per heavy atom. The summed E-state index contributed by atoms with van der Waals surface area (Å²) in [5.41, 5.74) is 1.19. The van der Waals surface area contributed by atoms with E-state index in [1.54, 1.807) is 23.5 Å². The summed E-state index contributed by atoms with van der Waals surface area (Å²) in [4.78, 5) is 25.2. The molecule has 0 spiro atoms. The molecule has 0 bridgehead atoms. The second kappa shape index (κ2) is 9.08. The number of hydrogen-bond donors (Lipinski definition) is 3. The Bertz CT molecular complexity index is 669. The molecule has 0 radical (unpaired) electrons. The Morgan fingerprint density at radius 2 is 1.75 bits per heavy atom. The Balaban J connectivity index is 1.86. The SMILES string of the molecule is CC(C)NC(=O)Nc1ccccc1NC(=O)CCCc1cccs1.